The van der Waals surface area contributed by atoms with Crippen LogP contribution in [-0.4, -0.2) is 186 Å². The van der Waals surface area contributed by atoms with E-state index in [0.29, 0.717) is 81.5 Å². The number of nitriles is 1. The van der Waals surface area contributed by atoms with E-state index in [1.165, 1.54) is 38.4 Å². The highest BCUT2D eigenvalue weighted by atomic mass is 35.5. The van der Waals surface area contributed by atoms with Gasteiger partial charge in [0.05, 0.1) is 18.5 Å². The third-order valence-corrected chi connectivity index (χ3v) is 20.6. The van der Waals surface area contributed by atoms with Crippen molar-refractivity contribution in [3.8, 4) is 6.07 Å². The Balaban J connectivity index is 0.000000264. The van der Waals surface area contributed by atoms with Gasteiger partial charge in [-0.3, -0.25) is 0 Å². The third-order valence-electron chi connectivity index (χ3n) is 18.3. The van der Waals surface area contributed by atoms with Gasteiger partial charge in [0, 0.05) is 149 Å². The number of nitrogens with zero attached hydrogens (tertiary/aromatic N) is 16. The Morgan fingerprint density at radius 1 is 0.423 bits per heavy atom. The van der Waals surface area contributed by atoms with Gasteiger partial charge in [-0.05, 0) is 179 Å². The number of nitrogens with one attached hydrogen (secondary N) is 3. The lowest BCUT2D eigenvalue weighted by atomic mass is 9.96. The molecule has 6 saturated heterocycles. The number of aromatic nitrogens is 12. The van der Waals surface area contributed by atoms with Gasteiger partial charge in [-0.2, -0.15) is 5.26 Å². The normalized spacial score (nSPS) is 17.3. The van der Waals surface area contributed by atoms with Crippen molar-refractivity contribution in [2.75, 3.05) is 78.5 Å². The summed E-state index contributed by atoms with van der Waals surface area (Å²) >= 11 is 35.8. The molecule has 6 aliphatic rings. The van der Waals surface area contributed by atoms with Crippen LogP contribution in [-0.2, 0) is 56.5 Å². The summed E-state index contributed by atoms with van der Waals surface area (Å²) in [6.45, 7) is 29.1. The first-order valence-corrected chi connectivity index (χ1v) is 37.8. The second-order valence-electron chi connectivity index (χ2n) is 29.5. The van der Waals surface area contributed by atoms with Crippen LogP contribution in [0.4, 0.5) is 14.4 Å². The SMILES string of the molecule is C.CC#N.Cl.Cn1c(C2CCN(C(=O)OC(C)(C)C)CC2)nc(Cl)c1Cl.Cn1c(C2CCNCC2)nc(Cl)c1Cl.Cn1c(Cl)cnc1C1CCN(C(=O)OC(C)(C)C)CC1.Cn1c(Cl)cnc1C1CCNCC1.Cn1ccnc1C1CCN(C(=O)OC(C)(C)C)CC1.Cn1ccnc1C1CCNCC1. The van der Waals surface area contributed by atoms with E-state index in [2.05, 4.69) is 62.0 Å². The van der Waals surface area contributed by atoms with Crippen molar-refractivity contribution in [1.29, 1.82) is 5.26 Å². The molecule has 6 fully saturated rings. The van der Waals surface area contributed by atoms with Crippen molar-refractivity contribution in [2.24, 2.45) is 42.3 Å². The summed E-state index contributed by atoms with van der Waals surface area (Å²) in [7, 11) is 11.8. The molecule has 104 heavy (non-hydrogen) atoms. The van der Waals surface area contributed by atoms with Crippen LogP contribution in [0.3, 0.4) is 0 Å². The fourth-order valence-corrected chi connectivity index (χ4v) is 13.9. The van der Waals surface area contributed by atoms with E-state index in [1.54, 1.807) is 33.2 Å². The lowest BCUT2D eigenvalue weighted by Gasteiger charge is -2.33. The Hall–Kier alpha value is -5.53. The van der Waals surface area contributed by atoms with Crippen molar-refractivity contribution in [3.05, 3.63) is 103 Å². The zero-order valence-electron chi connectivity index (χ0n) is 63.2. The second-order valence-corrected chi connectivity index (χ2v) is 31.7. The molecule has 12 rings (SSSR count). The number of imidazole rings is 6. The summed E-state index contributed by atoms with van der Waals surface area (Å²) in [5, 5.41) is 20.5. The molecule has 6 aromatic heterocycles. The number of halogens is 7. The number of amides is 3. The van der Waals surface area contributed by atoms with Gasteiger partial charge in [-0.1, -0.05) is 77.0 Å². The van der Waals surface area contributed by atoms with Crippen LogP contribution >= 0.6 is 82.0 Å². The van der Waals surface area contributed by atoms with Crippen LogP contribution in [0, 0.1) is 11.3 Å². The molecule has 584 valence electrons. The quantitative estimate of drug-likeness (QED) is 0.131. The molecule has 25 nitrogen and oxygen atoms in total. The minimum absolute atomic E-state index is 0. The predicted molar refractivity (Wildman–Crippen MR) is 418 cm³/mol. The smallest absolute Gasteiger partial charge is 0.410 e. The van der Waals surface area contributed by atoms with E-state index in [9.17, 15) is 14.4 Å². The zero-order chi connectivity index (χ0) is 75.2. The Morgan fingerprint density at radius 2 is 0.663 bits per heavy atom. The van der Waals surface area contributed by atoms with Gasteiger partial charge in [0.25, 0.3) is 0 Å². The summed E-state index contributed by atoms with van der Waals surface area (Å²) in [6, 6.07) is 1.75. The first-order valence-electron chi connectivity index (χ1n) is 35.5. The molecule has 6 aromatic rings. The van der Waals surface area contributed by atoms with E-state index < -0.39 is 16.8 Å². The Bertz CT molecular complexity index is 3590. The molecule has 32 heteroatoms. The molecule has 0 unspecified atom stereocenters. The number of carbonyl (C=O) groups is 3. The highest BCUT2D eigenvalue weighted by Crippen LogP contribution is 2.35. The summed E-state index contributed by atoms with van der Waals surface area (Å²) in [6.07, 6.45) is 22.8. The number of rotatable bonds is 6. The first kappa shape index (κ1) is 90.9. The fraction of sp³-hybridized carbons (Fsp3) is 0.694. The number of hydrogen-bond acceptors (Lipinski definition) is 16. The maximum atomic E-state index is 12.0. The topological polar surface area (TPSA) is 255 Å². The molecule has 6 aliphatic heterocycles. The number of carbonyl (C=O) groups excluding carboxylic acids is 3. The van der Waals surface area contributed by atoms with Crippen molar-refractivity contribution in [1.82, 2.24) is 88.0 Å². The van der Waals surface area contributed by atoms with Gasteiger partial charge in [0.1, 0.15) is 72.4 Å². The minimum Gasteiger partial charge on any atom is -0.444 e. The fourth-order valence-electron chi connectivity index (χ4n) is 12.9. The van der Waals surface area contributed by atoms with Crippen LogP contribution in [0.1, 0.15) is 224 Å². The van der Waals surface area contributed by atoms with Gasteiger partial charge >= 0.3 is 18.3 Å². The number of aryl methyl sites for hydroxylation is 2. The Labute approximate surface area is 653 Å². The van der Waals surface area contributed by atoms with E-state index in [4.69, 9.17) is 89.1 Å². The molecule has 3 amide bonds. The molecule has 0 aliphatic carbocycles. The summed E-state index contributed by atoms with van der Waals surface area (Å²) < 4.78 is 28.0. The van der Waals surface area contributed by atoms with E-state index >= 15 is 0 Å². The van der Waals surface area contributed by atoms with Crippen molar-refractivity contribution in [3.63, 3.8) is 0 Å². The van der Waals surface area contributed by atoms with Crippen LogP contribution in [0.2, 0.25) is 30.9 Å². The lowest BCUT2D eigenvalue weighted by Crippen LogP contribution is -2.41. The number of ether oxygens (including phenoxy) is 3. The first-order chi connectivity index (χ1) is 48.1. The molecule has 0 atom stereocenters. The van der Waals surface area contributed by atoms with Crippen LogP contribution in [0.15, 0.2) is 37.2 Å². The number of piperidine rings is 6. The highest BCUT2D eigenvalue weighted by molar-refractivity contribution is 6.41. The molecular weight excluding hydrogens is 1480 g/mol. The van der Waals surface area contributed by atoms with E-state index in [-0.39, 0.29) is 44.0 Å². The molecule has 0 bridgehead atoms. The molecule has 0 aromatic carbocycles. The monoisotopic (exact) mass is 1590 g/mol. The average molecular weight is 1590 g/mol. The van der Waals surface area contributed by atoms with Gasteiger partial charge in [-0.15, -0.1) is 12.4 Å². The van der Waals surface area contributed by atoms with Gasteiger partial charge in [0.15, 0.2) is 10.3 Å². The average Bonchev–Trinajstić information content (AvgIpc) is 1.61. The predicted octanol–water partition coefficient (Wildman–Crippen LogP) is 15.8. The highest BCUT2D eigenvalue weighted by Gasteiger charge is 2.33. The maximum Gasteiger partial charge on any atom is 0.410 e. The molecule has 0 spiro atoms. The second kappa shape index (κ2) is 42.9. The van der Waals surface area contributed by atoms with Gasteiger partial charge in [-0.25, -0.2) is 44.3 Å². The van der Waals surface area contributed by atoms with Crippen LogP contribution in [0.25, 0.3) is 0 Å². The Morgan fingerprint density at radius 3 is 0.885 bits per heavy atom. The molecule has 0 saturated carbocycles. The Kier molecular flexibility index (Phi) is 37.4. The third kappa shape index (κ3) is 27.9. The summed E-state index contributed by atoms with van der Waals surface area (Å²) in [4.78, 5) is 67.4. The summed E-state index contributed by atoms with van der Waals surface area (Å²) in [5.74, 6) is 9.20. The molecule has 0 radical (unpaired) electrons. The molecule has 12 heterocycles. The number of hydrogen-bond donors (Lipinski definition) is 3. The maximum absolute atomic E-state index is 12.0. The number of likely N-dealkylation sites (tertiary alicyclic amines) is 3. The van der Waals surface area contributed by atoms with Crippen molar-refractivity contribution >= 4 is 100 Å². The van der Waals surface area contributed by atoms with Crippen molar-refractivity contribution in [2.45, 2.75) is 206 Å². The van der Waals surface area contributed by atoms with Crippen LogP contribution in [0.5, 0.6) is 0 Å². The summed E-state index contributed by atoms with van der Waals surface area (Å²) in [5.41, 5.74) is -1.33. The van der Waals surface area contributed by atoms with Gasteiger partial charge in [0.2, 0.25) is 0 Å². The largest absolute Gasteiger partial charge is 0.444 e. The molecule has 3 N–H and O–H groups in total. The van der Waals surface area contributed by atoms with E-state index in [1.807, 2.05) is 141 Å². The van der Waals surface area contributed by atoms with E-state index in [0.717, 1.165) is 138 Å². The zero-order valence-corrected chi connectivity index (χ0v) is 68.5. The van der Waals surface area contributed by atoms with Gasteiger partial charge < -0.3 is 72.3 Å². The van der Waals surface area contributed by atoms with Crippen LogP contribution < -0.4 is 16.0 Å². The minimum atomic E-state index is -0.464. The standard InChI is InChI=1S/C14H21Cl2N3O2.C14H22ClN3O2.C14H23N3O2.C9H13Cl2N3.C9H14ClN3.C9H15N3.C2H3N.CH4.ClH/c1-14(2,3)21-13(20)19-7-5-9(6-8-19)12-17-10(15)11(16)18(12)4;1-14(2,3)20-13(19)18-7-5-10(6-8-18)12-16-9-11(15)17(12)4;1-14(2,3)19-13(18)17-8-5-11(6-9-17)12-15-7-10-16(12)4;1-14-8(11)7(10)13-9(14)6-2-4-12-5-3-6;1-13-8(10)6-12-9(13)7-2-4-11-5-3-7;1-12-7-6-11-9(12)8-2-4-10-5-3-8;1-2-3;;/h9H,5-8H2,1-4H3;9-10H,5-8H2,1-4H3;7,10-11H,5-6,8-9H2,1-4H3;6,12H,2-5H2,1H3;6-7,11H,2-5H2,1H3;6-8,10H,2-5H2,1H3;1H3;1H4;1H. The lowest BCUT2D eigenvalue weighted by molar-refractivity contribution is 0.0192. The van der Waals surface area contributed by atoms with Crippen molar-refractivity contribution < 1.29 is 28.6 Å². The molecular formula is C72H116Cl7N19O6.